The molecule has 0 aromatic rings. The molecule has 0 aromatic carbocycles. The second-order valence-corrected chi connectivity index (χ2v) is 5.28. The number of unbranched alkanes of at least 4 members (excludes halogenated alkanes) is 2. The zero-order valence-corrected chi connectivity index (χ0v) is 12.0. The van der Waals surface area contributed by atoms with Crippen LogP contribution in [0.5, 0.6) is 0 Å². The van der Waals surface area contributed by atoms with Crippen molar-refractivity contribution in [1.29, 1.82) is 0 Å². The van der Waals surface area contributed by atoms with Gasteiger partial charge in [-0.15, -0.1) is 0 Å². The van der Waals surface area contributed by atoms with E-state index in [0.29, 0.717) is 0 Å². The Morgan fingerprint density at radius 3 is 2.19 bits per heavy atom. The summed E-state index contributed by atoms with van der Waals surface area (Å²) in [6.07, 6.45) is 10.9. The van der Waals surface area contributed by atoms with Crippen LogP contribution >= 0.6 is 0 Å². The van der Waals surface area contributed by atoms with E-state index in [1.165, 1.54) is 57.9 Å². The zero-order valence-electron chi connectivity index (χ0n) is 12.0. The van der Waals surface area contributed by atoms with Crippen LogP contribution in [0.4, 0.5) is 0 Å². The second kappa shape index (κ2) is 11.4. The van der Waals surface area contributed by atoms with Gasteiger partial charge in [-0.3, -0.25) is 0 Å². The zero-order chi connectivity index (χ0) is 12.2. The number of hydrogen-bond acceptors (Lipinski definition) is 1. The monoisotopic (exact) mass is 227 g/mol. The van der Waals surface area contributed by atoms with Gasteiger partial charge in [0.2, 0.25) is 0 Å². The molecule has 16 heavy (non-hydrogen) atoms. The maximum Gasteiger partial charge on any atom is 0.00695 e. The number of hydrogen-bond donors (Lipinski definition) is 1. The van der Waals surface area contributed by atoms with Gasteiger partial charge in [-0.1, -0.05) is 59.8 Å². The molecule has 1 nitrogen and oxygen atoms in total. The molecule has 0 aliphatic heterocycles. The normalized spacial score (nSPS) is 15.0. The first-order valence-electron chi connectivity index (χ1n) is 7.47. The quantitative estimate of drug-likeness (QED) is 0.502. The molecule has 0 heterocycles. The summed E-state index contributed by atoms with van der Waals surface area (Å²) in [5.41, 5.74) is 0. The van der Waals surface area contributed by atoms with Gasteiger partial charge in [-0.2, -0.15) is 0 Å². The van der Waals surface area contributed by atoms with Gasteiger partial charge in [-0.25, -0.2) is 0 Å². The highest BCUT2D eigenvalue weighted by Crippen LogP contribution is 2.16. The lowest BCUT2D eigenvalue weighted by Crippen LogP contribution is -2.31. The Kier molecular flexibility index (Phi) is 11.4. The first-order chi connectivity index (χ1) is 7.74. The minimum absolute atomic E-state index is 0.771. The Hall–Kier alpha value is -0.0400. The Balaban J connectivity index is 3.78. The van der Waals surface area contributed by atoms with Crippen LogP contribution in [-0.2, 0) is 0 Å². The van der Waals surface area contributed by atoms with Crippen molar-refractivity contribution in [2.24, 2.45) is 5.92 Å². The van der Waals surface area contributed by atoms with Gasteiger partial charge in [0.15, 0.2) is 0 Å². The van der Waals surface area contributed by atoms with Gasteiger partial charge in [-0.05, 0) is 31.7 Å². The van der Waals surface area contributed by atoms with E-state index in [-0.39, 0.29) is 0 Å². The van der Waals surface area contributed by atoms with Crippen molar-refractivity contribution in [3.63, 3.8) is 0 Å². The fourth-order valence-corrected chi connectivity index (χ4v) is 2.39. The maximum absolute atomic E-state index is 3.72. The molecule has 2 unspecified atom stereocenters. The molecule has 1 heteroatoms. The lowest BCUT2D eigenvalue weighted by atomic mass is 9.94. The van der Waals surface area contributed by atoms with Gasteiger partial charge < -0.3 is 5.32 Å². The molecule has 1 N–H and O–H groups in total. The molecule has 2 atom stereocenters. The maximum atomic E-state index is 3.72. The van der Waals surface area contributed by atoms with Gasteiger partial charge in [0.05, 0.1) is 0 Å². The van der Waals surface area contributed by atoms with Crippen LogP contribution in [0.15, 0.2) is 0 Å². The summed E-state index contributed by atoms with van der Waals surface area (Å²) in [6.45, 7) is 10.4. The summed E-state index contributed by atoms with van der Waals surface area (Å²) in [5, 5.41) is 3.72. The Bertz CT molecular complexity index is 133. The first-order valence-corrected chi connectivity index (χ1v) is 7.47. The Morgan fingerprint density at radius 2 is 1.62 bits per heavy atom. The average molecular weight is 227 g/mol. The lowest BCUT2D eigenvalue weighted by molar-refractivity contribution is 0.359. The van der Waals surface area contributed by atoms with Gasteiger partial charge in [0.1, 0.15) is 0 Å². The van der Waals surface area contributed by atoms with E-state index >= 15 is 0 Å². The van der Waals surface area contributed by atoms with Crippen LogP contribution in [0.2, 0.25) is 0 Å². The van der Waals surface area contributed by atoms with Gasteiger partial charge in [0, 0.05) is 6.04 Å². The predicted molar refractivity (Wildman–Crippen MR) is 74.9 cm³/mol. The standard InChI is InChI=1S/C15H33N/c1-5-8-9-11-15(16-12-7-3)13-14(4)10-6-2/h14-16H,5-13H2,1-4H3. The Morgan fingerprint density at radius 1 is 0.875 bits per heavy atom. The molecule has 0 spiro atoms. The van der Waals surface area contributed by atoms with Crippen molar-refractivity contribution in [2.45, 2.75) is 85.1 Å². The molecule has 0 saturated heterocycles. The van der Waals surface area contributed by atoms with Crippen LogP contribution in [0, 0.1) is 5.92 Å². The summed E-state index contributed by atoms with van der Waals surface area (Å²) < 4.78 is 0. The highest BCUT2D eigenvalue weighted by atomic mass is 14.9. The van der Waals surface area contributed by atoms with E-state index in [2.05, 4.69) is 33.0 Å². The van der Waals surface area contributed by atoms with E-state index in [1.807, 2.05) is 0 Å². The molecule has 0 amide bonds. The minimum Gasteiger partial charge on any atom is -0.314 e. The summed E-state index contributed by atoms with van der Waals surface area (Å²) in [7, 11) is 0. The summed E-state index contributed by atoms with van der Waals surface area (Å²) in [5.74, 6) is 0.890. The third-order valence-corrected chi connectivity index (χ3v) is 3.31. The van der Waals surface area contributed by atoms with Crippen LogP contribution in [0.3, 0.4) is 0 Å². The third-order valence-electron chi connectivity index (χ3n) is 3.31. The van der Waals surface area contributed by atoms with Crippen molar-refractivity contribution < 1.29 is 0 Å². The molecule has 0 aliphatic carbocycles. The highest BCUT2D eigenvalue weighted by molar-refractivity contribution is 4.70. The van der Waals surface area contributed by atoms with Crippen LogP contribution < -0.4 is 5.32 Å². The average Bonchev–Trinajstić information content (AvgIpc) is 2.26. The largest absolute Gasteiger partial charge is 0.314 e. The van der Waals surface area contributed by atoms with Crippen molar-refractivity contribution >= 4 is 0 Å². The topological polar surface area (TPSA) is 12.0 Å². The lowest BCUT2D eigenvalue weighted by Gasteiger charge is -2.22. The van der Waals surface area contributed by atoms with E-state index in [4.69, 9.17) is 0 Å². The fraction of sp³-hybridized carbons (Fsp3) is 1.00. The molecule has 0 aliphatic rings. The van der Waals surface area contributed by atoms with Crippen LogP contribution in [-0.4, -0.2) is 12.6 Å². The number of rotatable bonds is 11. The minimum atomic E-state index is 0.771. The van der Waals surface area contributed by atoms with Crippen molar-refractivity contribution in [3.8, 4) is 0 Å². The highest BCUT2D eigenvalue weighted by Gasteiger charge is 2.11. The molecule has 0 radical (unpaired) electrons. The summed E-state index contributed by atoms with van der Waals surface area (Å²) in [4.78, 5) is 0. The van der Waals surface area contributed by atoms with E-state index in [9.17, 15) is 0 Å². The molecular formula is C15H33N. The molecule has 0 rings (SSSR count). The van der Waals surface area contributed by atoms with Crippen LogP contribution in [0.1, 0.15) is 79.1 Å². The number of nitrogens with one attached hydrogen (secondary N) is 1. The molecule has 0 aromatic heterocycles. The predicted octanol–water partition coefficient (Wildman–Crippen LogP) is 4.76. The molecule has 0 saturated carbocycles. The van der Waals surface area contributed by atoms with Gasteiger partial charge in [0.25, 0.3) is 0 Å². The van der Waals surface area contributed by atoms with Gasteiger partial charge >= 0.3 is 0 Å². The van der Waals surface area contributed by atoms with Crippen LogP contribution in [0.25, 0.3) is 0 Å². The first kappa shape index (κ1) is 16.0. The van der Waals surface area contributed by atoms with Crippen molar-refractivity contribution in [2.75, 3.05) is 6.54 Å². The van der Waals surface area contributed by atoms with E-state index in [1.54, 1.807) is 0 Å². The SMILES string of the molecule is CCCCCC(CC(C)CCC)NCCC. The van der Waals surface area contributed by atoms with Crippen molar-refractivity contribution in [3.05, 3.63) is 0 Å². The van der Waals surface area contributed by atoms with E-state index < -0.39 is 0 Å². The van der Waals surface area contributed by atoms with Crippen molar-refractivity contribution in [1.82, 2.24) is 5.32 Å². The molecular weight excluding hydrogens is 194 g/mol. The summed E-state index contributed by atoms with van der Waals surface area (Å²) >= 11 is 0. The smallest absolute Gasteiger partial charge is 0.00695 e. The summed E-state index contributed by atoms with van der Waals surface area (Å²) in [6, 6.07) is 0.771. The fourth-order valence-electron chi connectivity index (χ4n) is 2.39. The van der Waals surface area contributed by atoms with E-state index in [0.717, 1.165) is 12.0 Å². The molecule has 0 fully saturated rings. The Labute approximate surface area is 103 Å². The third kappa shape index (κ3) is 9.21. The second-order valence-electron chi connectivity index (χ2n) is 5.28. The molecule has 98 valence electrons. The molecule has 0 bridgehead atoms.